The Bertz CT molecular complexity index is 334. The third kappa shape index (κ3) is 2.57. The molecule has 0 aromatic carbocycles. The van der Waals surface area contributed by atoms with Crippen molar-refractivity contribution in [3.8, 4) is 6.07 Å². The monoisotopic (exact) mass is 192 g/mol. The highest BCUT2D eigenvalue weighted by Crippen LogP contribution is 2.14. The molecule has 76 valence electrons. The molecular formula is C10H16N4. The molecular weight excluding hydrogens is 176 g/mol. The summed E-state index contributed by atoms with van der Waals surface area (Å²) in [5.74, 6) is 0. The molecule has 0 aliphatic heterocycles. The summed E-state index contributed by atoms with van der Waals surface area (Å²) in [6.45, 7) is 4.81. The van der Waals surface area contributed by atoms with Gasteiger partial charge in [-0.3, -0.25) is 4.68 Å². The molecule has 0 saturated heterocycles. The molecule has 1 N–H and O–H groups in total. The minimum absolute atomic E-state index is 0.261. The summed E-state index contributed by atoms with van der Waals surface area (Å²) < 4.78 is 1.81. The standard InChI is InChI=1S/C10H16N4/c1-8(12-6-4-5-11)10-7-14(3)13-9(10)2/h7-8,12H,4,6H2,1-3H3. The van der Waals surface area contributed by atoms with Crippen LogP contribution in [0.25, 0.3) is 0 Å². The van der Waals surface area contributed by atoms with Gasteiger partial charge >= 0.3 is 0 Å². The molecule has 0 spiro atoms. The van der Waals surface area contributed by atoms with Gasteiger partial charge in [0.25, 0.3) is 0 Å². The second kappa shape index (κ2) is 4.77. The van der Waals surface area contributed by atoms with Gasteiger partial charge in [-0.25, -0.2) is 0 Å². The zero-order valence-corrected chi connectivity index (χ0v) is 8.91. The van der Waals surface area contributed by atoms with Gasteiger partial charge in [0.1, 0.15) is 0 Å². The molecule has 4 nitrogen and oxygen atoms in total. The molecule has 0 aliphatic rings. The van der Waals surface area contributed by atoms with Gasteiger partial charge in [0.05, 0.1) is 11.8 Å². The maximum absolute atomic E-state index is 8.40. The van der Waals surface area contributed by atoms with E-state index in [1.165, 1.54) is 5.56 Å². The molecule has 4 heteroatoms. The second-order valence-corrected chi connectivity index (χ2v) is 3.43. The van der Waals surface area contributed by atoms with Gasteiger partial charge in [-0.2, -0.15) is 10.4 Å². The van der Waals surface area contributed by atoms with Crippen molar-refractivity contribution in [3.63, 3.8) is 0 Å². The molecule has 1 aromatic heterocycles. The molecule has 1 rings (SSSR count). The summed E-state index contributed by atoms with van der Waals surface area (Å²) in [6.07, 6.45) is 2.56. The maximum Gasteiger partial charge on any atom is 0.0641 e. The SMILES string of the molecule is Cc1nn(C)cc1C(C)NCCC#N. The van der Waals surface area contributed by atoms with Crippen molar-refractivity contribution in [1.82, 2.24) is 15.1 Å². The summed E-state index contributed by atoms with van der Waals surface area (Å²) in [4.78, 5) is 0. The van der Waals surface area contributed by atoms with E-state index in [9.17, 15) is 0 Å². The molecule has 0 fully saturated rings. The van der Waals surface area contributed by atoms with Gasteiger partial charge in [0, 0.05) is 37.8 Å². The van der Waals surface area contributed by atoms with Crippen LogP contribution in [0.4, 0.5) is 0 Å². The van der Waals surface area contributed by atoms with E-state index >= 15 is 0 Å². The topological polar surface area (TPSA) is 53.6 Å². The van der Waals surface area contributed by atoms with Crippen LogP contribution in [0.2, 0.25) is 0 Å². The number of rotatable bonds is 4. The lowest BCUT2D eigenvalue weighted by Gasteiger charge is -2.11. The Morgan fingerprint density at radius 3 is 2.93 bits per heavy atom. The lowest BCUT2D eigenvalue weighted by atomic mass is 10.1. The van der Waals surface area contributed by atoms with Crippen LogP contribution in [0.5, 0.6) is 0 Å². The fourth-order valence-electron chi connectivity index (χ4n) is 1.50. The van der Waals surface area contributed by atoms with Crippen LogP contribution in [0.15, 0.2) is 6.20 Å². The first-order valence-electron chi connectivity index (χ1n) is 4.75. The highest BCUT2D eigenvalue weighted by molar-refractivity contribution is 5.19. The number of nitrogens with zero attached hydrogens (tertiary/aromatic N) is 3. The highest BCUT2D eigenvalue weighted by Gasteiger charge is 2.10. The Labute approximate surface area is 84.5 Å². The van der Waals surface area contributed by atoms with Gasteiger partial charge in [-0.15, -0.1) is 0 Å². The predicted octanol–water partition coefficient (Wildman–Crippen LogP) is 1.29. The van der Waals surface area contributed by atoms with Gasteiger partial charge in [-0.1, -0.05) is 0 Å². The molecule has 1 heterocycles. The van der Waals surface area contributed by atoms with Crippen LogP contribution in [0, 0.1) is 18.3 Å². The number of aromatic nitrogens is 2. The van der Waals surface area contributed by atoms with Gasteiger partial charge in [-0.05, 0) is 13.8 Å². The molecule has 1 aromatic rings. The third-order valence-electron chi connectivity index (χ3n) is 2.21. The van der Waals surface area contributed by atoms with E-state index in [1.54, 1.807) is 0 Å². The molecule has 1 atom stereocenters. The second-order valence-electron chi connectivity index (χ2n) is 3.43. The number of nitriles is 1. The van der Waals surface area contributed by atoms with Crippen LogP contribution in [0.1, 0.15) is 30.6 Å². The van der Waals surface area contributed by atoms with Crippen LogP contribution < -0.4 is 5.32 Å². The molecule has 14 heavy (non-hydrogen) atoms. The van der Waals surface area contributed by atoms with Crippen molar-refractivity contribution in [1.29, 1.82) is 5.26 Å². The Morgan fingerprint density at radius 1 is 1.71 bits per heavy atom. The lowest BCUT2D eigenvalue weighted by Crippen LogP contribution is -2.19. The average molecular weight is 192 g/mol. The minimum atomic E-state index is 0.261. The first-order chi connectivity index (χ1) is 6.65. The van der Waals surface area contributed by atoms with E-state index in [4.69, 9.17) is 5.26 Å². The van der Waals surface area contributed by atoms with E-state index in [-0.39, 0.29) is 6.04 Å². The van der Waals surface area contributed by atoms with E-state index in [1.807, 2.05) is 24.9 Å². The summed E-state index contributed by atoms with van der Waals surface area (Å²) in [7, 11) is 1.92. The third-order valence-corrected chi connectivity index (χ3v) is 2.21. The van der Waals surface area contributed by atoms with Crippen molar-refractivity contribution in [2.24, 2.45) is 7.05 Å². The summed E-state index contributed by atoms with van der Waals surface area (Å²) >= 11 is 0. The number of hydrogen-bond acceptors (Lipinski definition) is 3. The van der Waals surface area contributed by atoms with Gasteiger partial charge in [0.15, 0.2) is 0 Å². The number of aryl methyl sites for hydroxylation is 2. The summed E-state index contributed by atoms with van der Waals surface area (Å²) in [5.41, 5.74) is 2.25. The number of nitrogens with one attached hydrogen (secondary N) is 1. The van der Waals surface area contributed by atoms with E-state index in [0.29, 0.717) is 6.42 Å². The molecule has 0 bridgehead atoms. The fraction of sp³-hybridized carbons (Fsp3) is 0.600. The van der Waals surface area contributed by atoms with Crippen molar-refractivity contribution in [3.05, 3.63) is 17.5 Å². The van der Waals surface area contributed by atoms with Crippen molar-refractivity contribution < 1.29 is 0 Å². The van der Waals surface area contributed by atoms with E-state index in [2.05, 4.69) is 23.4 Å². The average Bonchev–Trinajstić information content (AvgIpc) is 2.45. The molecule has 0 saturated carbocycles. The Kier molecular flexibility index (Phi) is 3.66. The molecule has 1 unspecified atom stereocenters. The smallest absolute Gasteiger partial charge is 0.0641 e. The Morgan fingerprint density at radius 2 is 2.43 bits per heavy atom. The van der Waals surface area contributed by atoms with Crippen LogP contribution in [0.3, 0.4) is 0 Å². The first-order valence-corrected chi connectivity index (χ1v) is 4.75. The zero-order valence-electron chi connectivity index (χ0n) is 8.91. The lowest BCUT2D eigenvalue weighted by molar-refractivity contribution is 0.580. The Hall–Kier alpha value is -1.34. The van der Waals surface area contributed by atoms with Crippen molar-refractivity contribution in [2.45, 2.75) is 26.3 Å². The van der Waals surface area contributed by atoms with E-state index < -0.39 is 0 Å². The normalized spacial score (nSPS) is 12.4. The molecule has 0 amide bonds. The molecule has 0 radical (unpaired) electrons. The summed E-state index contributed by atoms with van der Waals surface area (Å²) in [6, 6.07) is 2.37. The van der Waals surface area contributed by atoms with Crippen LogP contribution in [-0.4, -0.2) is 16.3 Å². The fourth-order valence-corrected chi connectivity index (χ4v) is 1.50. The zero-order chi connectivity index (χ0) is 10.6. The Balaban J connectivity index is 2.56. The summed E-state index contributed by atoms with van der Waals surface area (Å²) in [5, 5.41) is 16.0. The van der Waals surface area contributed by atoms with Crippen molar-refractivity contribution in [2.75, 3.05) is 6.54 Å². The van der Waals surface area contributed by atoms with Gasteiger partial charge in [0.2, 0.25) is 0 Å². The minimum Gasteiger partial charge on any atom is -0.309 e. The van der Waals surface area contributed by atoms with Gasteiger partial charge < -0.3 is 5.32 Å². The largest absolute Gasteiger partial charge is 0.309 e. The molecule has 0 aliphatic carbocycles. The predicted molar refractivity (Wildman–Crippen MR) is 54.6 cm³/mol. The van der Waals surface area contributed by atoms with Crippen molar-refractivity contribution >= 4 is 0 Å². The van der Waals surface area contributed by atoms with E-state index in [0.717, 1.165) is 12.2 Å². The quantitative estimate of drug-likeness (QED) is 0.731. The number of hydrogen-bond donors (Lipinski definition) is 1. The maximum atomic E-state index is 8.40. The van der Waals surface area contributed by atoms with Crippen LogP contribution >= 0.6 is 0 Å². The van der Waals surface area contributed by atoms with Crippen LogP contribution in [-0.2, 0) is 7.05 Å². The highest BCUT2D eigenvalue weighted by atomic mass is 15.3. The first kappa shape index (κ1) is 10.7.